The quantitative estimate of drug-likeness (QED) is 0.647. The van der Waals surface area contributed by atoms with E-state index in [2.05, 4.69) is 5.32 Å². The highest BCUT2D eigenvalue weighted by molar-refractivity contribution is 6.31. The maximum atomic E-state index is 12.1. The summed E-state index contributed by atoms with van der Waals surface area (Å²) in [6.45, 7) is -0.316. The second kappa shape index (κ2) is 6.92. The zero-order valence-electron chi connectivity index (χ0n) is 11.9. The maximum absolute atomic E-state index is 12.1. The molecule has 0 radical (unpaired) electrons. The Hall–Kier alpha value is -3.20. The zero-order valence-corrected chi connectivity index (χ0v) is 12.6. The molecule has 10 heteroatoms. The second-order valence-electron chi connectivity index (χ2n) is 4.65. The van der Waals surface area contributed by atoms with Crippen molar-refractivity contribution in [1.82, 2.24) is 5.32 Å². The standard InChI is InChI=1S/C14H10ClN3O6/c15-9-1-3-12(18(23)24)11(6-9)14(20)16-7-8-5-10(17(21)22)2-4-13(8)19/h1-6,19H,7H2,(H,16,20)/p-1. The van der Waals surface area contributed by atoms with Crippen LogP contribution in [0, 0.1) is 20.2 Å². The van der Waals surface area contributed by atoms with Gasteiger partial charge in [0.05, 0.1) is 9.85 Å². The van der Waals surface area contributed by atoms with Crippen LogP contribution in [0.25, 0.3) is 0 Å². The minimum atomic E-state index is -0.824. The molecule has 1 N–H and O–H groups in total. The molecular weight excluding hydrogens is 342 g/mol. The topological polar surface area (TPSA) is 138 Å². The van der Waals surface area contributed by atoms with Crippen molar-refractivity contribution in [3.05, 3.63) is 72.8 Å². The van der Waals surface area contributed by atoms with E-state index in [-0.39, 0.29) is 28.4 Å². The van der Waals surface area contributed by atoms with E-state index in [1.807, 2.05) is 0 Å². The third kappa shape index (κ3) is 3.76. The van der Waals surface area contributed by atoms with Gasteiger partial charge in [-0.3, -0.25) is 25.0 Å². The predicted octanol–water partition coefficient (Wildman–Crippen LogP) is 2.16. The Morgan fingerprint density at radius 3 is 2.42 bits per heavy atom. The summed E-state index contributed by atoms with van der Waals surface area (Å²) in [5.74, 6) is -1.32. The molecule has 0 aliphatic carbocycles. The highest BCUT2D eigenvalue weighted by Gasteiger charge is 2.20. The average Bonchev–Trinajstić information content (AvgIpc) is 2.53. The average molecular weight is 351 g/mol. The van der Waals surface area contributed by atoms with Gasteiger partial charge in [0, 0.05) is 29.8 Å². The van der Waals surface area contributed by atoms with Crippen LogP contribution in [0.4, 0.5) is 11.4 Å². The molecule has 0 atom stereocenters. The third-order valence-corrected chi connectivity index (χ3v) is 3.33. The van der Waals surface area contributed by atoms with Crippen LogP contribution in [0.5, 0.6) is 5.75 Å². The van der Waals surface area contributed by atoms with Crippen molar-refractivity contribution in [2.24, 2.45) is 0 Å². The van der Waals surface area contributed by atoms with E-state index in [9.17, 15) is 30.1 Å². The molecule has 124 valence electrons. The van der Waals surface area contributed by atoms with Crippen molar-refractivity contribution >= 4 is 28.9 Å². The fourth-order valence-corrected chi connectivity index (χ4v) is 2.11. The van der Waals surface area contributed by atoms with Gasteiger partial charge in [0.25, 0.3) is 17.3 Å². The SMILES string of the molecule is O=C(NCc1cc([N+](=O)[O-])ccc1[O-])c1cc(Cl)ccc1[N+](=O)[O-]. The number of amides is 1. The Bertz CT molecular complexity index is 839. The van der Waals surface area contributed by atoms with E-state index in [0.717, 1.165) is 30.3 Å². The van der Waals surface area contributed by atoms with E-state index < -0.39 is 27.2 Å². The van der Waals surface area contributed by atoms with Gasteiger partial charge in [0.15, 0.2) is 0 Å². The molecule has 9 nitrogen and oxygen atoms in total. The van der Waals surface area contributed by atoms with Gasteiger partial charge in [-0.1, -0.05) is 17.7 Å². The lowest BCUT2D eigenvalue weighted by Gasteiger charge is -2.13. The number of rotatable bonds is 5. The van der Waals surface area contributed by atoms with Gasteiger partial charge in [-0.15, -0.1) is 5.75 Å². The number of hydrogen-bond acceptors (Lipinski definition) is 6. The number of nitrogens with zero attached hydrogens (tertiary/aromatic N) is 2. The van der Waals surface area contributed by atoms with Crippen molar-refractivity contribution in [2.45, 2.75) is 6.54 Å². The first-order chi connectivity index (χ1) is 11.3. The number of carbonyl (C=O) groups excluding carboxylic acids is 1. The fourth-order valence-electron chi connectivity index (χ4n) is 1.94. The lowest BCUT2D eigenvalue weighted by molar-refractivity contribution is -0.385. The van der Waals surface area contributed by atoms with E-state index in [1.165, 1.54) is 6.07 Å². The highest BCUT2D eigenvalue weighted by Crippen LogP contribution is 2.24. The minimum absolute atomic E-state index is 0.0118. The van der Waals surface area contributed by atoms with E-state index >= 15 is 0 Å². The summed E-state index contributed by atoms with van der Waals surface area (Å²) in [7, 11) is 0. The molecular formula is C14H9ClN3O6-. The van der Waals surface area contributed by atoms with Crippen molar-refractivity contribution in [3.8, 4) is 5.75 Å². The lowest BCUT2D eigenvalue weighted by Crippen LogP contribution is -2.24. The van der Waals surface area contributed by atoms with E-state index in [0.29, 0.717) is 0 Å². The number of hydrogen-bond donors (Lipinski definition) is 1. The molecule has 0 aromatic heterocycles. The molecule has 0 heterocycles. The molecule has 0 spiro atoms. The Balaban J connectivity index is 2.23. The molecule has 0 saturated heterocycles. The van der Waals surface area contributed by atoms with Crippen LogP contribution in [-0.4, -0.2) is 15.8 Å². The van der Waals surface area contributed by atoms with Crippen LogP contribution >= 0.6 is 11.6 Å². The van der Waals surface area contributed by atoms with Crippen LogP contribution < -0.4 is 10.4 Å². The molecule has 0 aliphatic rings. The summed E-state index contributed by atoms with van der Waals surface area (Å²) in [5.41, 5.74) is -1.03. The number of carbonyl (C=O) groups is 1. The molecule has 2 rings (SSSR count). The summed E-state index contributed by atoms with van der Waals surface area (Å²) in [6.07, 6.45) is 0. The van der Waals surface area contributed by atoms with Crippen LogP contribution in [0.1, 0.15) is 15.9 Å². The Morgan fingerprint density at radius 2 is 1.79 bits per heavy atom. The van der Waals surface area contributed by atoms with E-state index in [4.69, 9.17) is 11.6 Å². The molecule has 0 unspecified atom stereocenters. The fraction of sp³-hybridized carbons (Fsp3) is 0.0714. The summed E-state index contributed by atoms with van der Waals surface area (Å²) < 4.78 is 0. The van der Waals surface area contributed by atoms with Crippen LogP contribution in [0.2, 0.25) is 5.02 Å². The zero-order chi connectivity index (χ0) is 17.9. The number of non-ortho nitro benzene ring substituents is 1. The molecule has 0 fully saturated rings. The van der Waals surface area contributed by atoms with E-state index in [1.54, 1.807) is 0 Å². The smallest absolute Gasteiger partial charge is 0.282 e. The van der Waals surface area contributed by atoms with Gasteiger partial charge >= 0.3 is 0 Å². The number of halogens is 1. The Labute approximate surface area is 139 Å². The first-order valence-electron chi connectivity index (χ1n) is 6.46. The first kappa shape index (κ1) is 17.2. The number of nitrogens with one attached hydrogen (secondary N) is 1. The van der Waals surface area contributed by atoms with Crippen LogP contribution in [0.15, 0.2) is 36.4 Å². The summed E-state index contributed by atoms with van der Waals surface area (Å²) >= 11 is 5.74. The van der Waals surface area contributed by atoms with Crippen molar-refractivity contribution in [3.63, 3.8) is 0 Å². The molecule has 2 aromatic rings. The van der Waals surface area contributed by atoms with Crippen molar-refractivity contribution < 1.29 is 19.7 Å². The van der Waals surface area contributed by atoms with Gasteiger partial charge in [-0.05, 0) is 17.7 Å². The highest BCUT2D eigenvalue weighted by atomic mass is 35.5. The monoisotopic (exact) mass is 350 g/mol. The lowest BCUT2D eigenvalue weighted by atomic mass is 10.1. The largest absolute Gasteiger partial charge is 0.872 e. The van der Waals surface area contributed by atoms with Gasteiger partial charge in [0.1, 0.15) is 5.56 Å². The van der Waals surface area contributed by atoms with Gasteiger partial charge in [-0.25, -0.2) is 0 Å². The maximum Gasteiger partial charge on any atom is 0.282 e. The number of benzene rings is 2. The van der Waals surface area contributed by atoms with Gasteiger partial charge in [0.2, 0.25) is 0 Å². The Kier molecular flexibility index (Phi) is 4.95. The number of nitro groups is 2. The van der Waals surface area contributed by atoms with Crippen LogP contribution in [-0.2, 0) is 6.54 Å². The third-order valence-electron chi connectivity index (χ3n) is 3.09. The summed E-state index contributed by atoms with van der Waals surface area (Å²) in [5, 5.41) is 35.8. The van der Waals surface area contributed by atoms with Gasteiger partial charge in [-0.2, -0.15) is 0 Å². The van der Waals surface area contributed by atoms with Crippen molar-refractivity contribution in [1.29, 1.82) is 0 Å². The molecule has 24 heavy (non-hydrogen) atoms. The van der Waals surface area contributed by atoms with Crippen molar-refractivity contribution in [2.75, 3.05) is 0 Å². The Morgan fingerprint density at radius 1 is 1.08 bits per heavy atom. The predicted molar refractivity (Wildman–Crippen MR) is 81.8 cm³/mol. The molecule has 2 aromatic carbocycles. The molecule has 1 amide bonds. The summed E-state index contributed by atoms with van der Waals surface area (Å²) in [4.78, 5) is 32.4. The van der Waals surface area contributed by atoms with Gasteiger partial charge < -0.3 is 10.4 Å². The molecule has 0 saturated carbocycles. The summed E-state index contributed by atoms with van der Waals surface area (Å²) in [6, 6.07) is 6.59. The number of nitro benzene ring substituents is 2. The second-order valence-corrected chi connectivity index (χ2v) is 5.09. The first-order valence-corrected chi connectivity index (χ1v) is 6.84. The van der Waals surface area contributed by atoms with Crippen LogP contribution in [0.3, 0.4) is 0 Å². The normalized spacial score (nSPS) is 10.2. The minimum Gasteiger partial charge on any atom is -0.872 e. The molecule has 0 aliphatic heterocycles. The molecule has 0 bridgehead atoms.